The lowest BCUT2D eigenvalue weighted by Gasteiger charge is -2.18. The molecule has 1 heterocycles. The molecule has 0 saturated heterocycles. The second-order valence-corrected chi connectivity index (χ2v) is 5.49. The first-order valence-corrected chi connectivity index (χ1v) is 7.76. The lowest BCUT2D eigenvalue weighted by atomic mass is 9.89. The topological polar surface area (TPSA) is 12.9 Å². The van der Waals surface area contributed by atoms with E-state index in [0.717, 1.165) is 5.02 Å². The number of halogens is 1. The lowest BCUT2D eigenvalue weighted by molar-refractivity contribution is 0.508. The Kier molecular flexibility index (Phi) is 8.08. The number of hydrogen-bond donors (Lipinski definition) is 0. The number of nitrogens with zero attached hydrogens (tertiary/aromatic N) is 1. The normalized spacial score (nSPS) is 12.6. The molecule has 0 aromatic carbocycles. The van der Waals surface area contributed by atoms with Crippen molar-refractivity contribution in [1.29, 1.82) is 0 Å². The Morgan fingerprint density at radius 2 is 1.78 bits per heavy atom. The molecule has 1 aromatic heterocycles. The average molecular weight is 268 g/mol. The van der Waals surface area contributed by atoms with Gasteiger partial charge in [0, 0.05) is 17.4 Å². The standard InChI is InChI=1S/C16H26ClN/c1-3-5-7-8-10-14(9-6-4-2)15-13-18-12-11-16(15)17/h11-14H,3-10H2,1-2H3. The van der Waals surface area contributed by atoms with Crippen LogP contribution < -0.4 is 0 Å². The summed E-state index contributed by atoms with van der Waals surface area (Å²) in [5, 5.41) is 0.890. The highest BCUT2D eigenvalue weighted by atomic mass is 35.5. The van der Waals surface area contributed by atoms with E-state index in [-0.39, 0.29) is 0 Å². The maximum absolute atomic E-state index is 6.30. The fraction of sp³-hybridized carbons (Fsp3) is 0.688. The molecular formula is C16H26ClN. The van der Waals surface area contributed by atoms with Crippen LogP contribution in [0, 0.1) is 0 Å². The fourth-order valence-electron chi connectivity index (χ4n) is 2.41. The van der Waals surface area contributed by atoms with Gasteiger partial charge >= 0.3 is 0 Å². The smallest absolute Gasteiger partial charge is 0.0471 e. The van der Waals surface area contributed by atoms with Crippen molar-refractivity contribution in [2.24, 2.45) is 0 Å². The average Bonchev–Trinajstić information content (AvgIpc) is 2.39. The molecule has 1 aromatic rings. The van der Waals surface area contributed by atoms with Gasteiger partial charge in [-0.25, -0.2) is 0 Å². The summed E-state index contributed by atoms with van der Waals surface area (Å²) in [7, 11) is 0. The van der Waals surface area contributed by atoms with Crippen LogP contribution in [0.3, 0.4) is 0 Å². The van der Waals surface area contributed by atoms with E-state index in [2.05, 4.69) is 18.8 Å². The van der Waals surface area contributed by atoms with E-state index in [9.17, 15) is 0 Å². The van der Waals surface area contributed by atoms with Crippen LogP contribution in [0.15, 0.2) is 18.5 Å². The van der Waals surface area contributed by atoms with Crippen LogP contribution >= 0.6 is 11.6 Å². The number of rotatable bonds is 9. The van der Waals surface area contributed by atoms with Gasteiger partial charge in [0.25, 0.3) is 0 Å². The fourth-order valence-corrected chi connectivity index (χ4v) is 2.67. The minimum Gasteiger partial charge on any atom is -0.264 e. The molecule has 1 nitrogen and oxygen atoms in total. The summed E-state index contributed by atoms with van der Waals surface area (Å²) >= 11 is 6.30. The van der Waals surface area contributed by atoms with E-state index in [1.165, 1.54) is 56.9 Å². The quantitative estimate of drug-likeness (QED) is 0.502. The molecule has 1 atom stereocenters. The zero-order valence-corrected chi connectivity index (χ0v) is 12.5. The van der Waals surface area contributed by atoms with Crippen LogP contribution in [0.1, 0.15) is 76.7 Å². The van der Waals surface area contributed by atoms with Crippen LogP contribution in [-0.2, 0) is 0 Å². The van der Waals surface area contributed by atoms with Gasteiger partial charge in [0.05, 0.1) is 0 Å². The Morgan fingerprint density at radius 3 is 2.44 bits per heavy atom. The molecule has 0 aliphatic carbocycles. The first-order chi connectivity index (χ1) is 8.79. The molecule has 0 fully saturated rings. The summed E-state index contributed by atoms with van der Waals surface area (Å²) in [6.07, 6.45) is 14.1. The van der Waals surface area contributed by atoms with Gasteiger partial charge in [-0.05, 0) is 30.4 Å². The van der Waals surface area contributed by atoms with Crippen molar-refractivity contribution < 1.29 is 0 Å². The Bertz CT molecular complexity index is 325. The molecule has 2 heteroatoms. The lowest BCUT2D eigenvalue weighted by Crippen LogP contribution is -2.01. The summed E-state index contributed by atoms with van der Waals surface area (Å²) in [5.41, 5.74) is 1.25. The predicted molar refractivity (Wildman–Crippen MR) is 80.3 cm³/mol. The Labute approximate surface area is 117 Å². The molecule has 0 amide bonds. The molecular weight excluding hydrogens is 242 g/mol. The second kappa shape index (κ2) is 9.38. The van der Waals surface area contributed by atoms with Crippen molar-refractivity contribution in [3.63, 3.8) is 0 Å². The van der Waals surface area contributed by atoms with Crippen LogP contribution in [0.2, 0.25) is 5.02 Å². The molecule has 0 aliphatic rings. The molecule has 0 saturated carbocycles. The summed E-state index contributed by atoms with van der Waals surface area (Å²) in [5.74, 6) is 0.600. The predicted octanol–water partition coefficient (Wildman–Crippen LogP) is 5.98. The number of pyridine rings is 1. The molecule has 0 radical (unpaired) electrons. The molecule has 0 spiro atoms. The van der Waals surface area contributed by atoms with E-state index >= 15 is 0 Å². The molecule has 0 aliphatic heterocycles. The molecule has 1 unspecified atom stereocenters. The van der Waals surface area contributed by atoms with Crippen molar-refractivity contribution in [2.75, 3.05) is 0 Å². The van der Waals surface area contributed by atoms with E-state index in [1.54, 1.807) is 6.20 Å². The SMILES string of the molecule is CCCCCCC(CCCC)c1cnccc1Cl. The molecule has 18 heavy (non-hydrogen) atoms. The Hall–Kier alpha value is -0.560. The van der Waals surface area contributed by atoms with Crippen molar-refractivity contribution in [2.45, 2.75) is 71.1 Å². The Balaban J connectivity index is 2.57. The third-order valence-electron chi connectivity index (χ3n) is 3.55. The molecule has 102 valence electrons. The largest absolute Gasteiger partial charge is 0.264 e. The zero-order valence-electron chi connectivity index (χ0n) is 11.8. The maximum atomic E-state index is 6.30. The zero-order chi connectivity index (χ0) is 13.2. The van der Waals surface area contributed by atoms with Crippen molar-refractivity contribution in [3.8, 4) is 0 Å². The number of hydrogen-bond acceptors (Lipinski definition) is 1. The van der Waals surface area contributed by atoms with Gasteiger partial charge in [-0.1, -0.05) is 64.0 Å². The van der Waals surface area contributed by atoms with Crippen LogP contribution in [0.25, 0.3) is 0 Å². The van der Waals surface area contributed by atoms with Gasteiger partial charge in [0.1, 0.15) is 0 Å². The van der Waals surface area contributed by atoms with Crippen LogP contribution in [0.4, 0.5) is 0 Å². The molecule has 0 bridgehead atoms. The summed E-state index contributed by atoms with van der Waals surface area (Å²) in [6, 6.07) is 1.92. The highest BCUT2D eigenvalue weighted by molar-refractivity contribution is 6.31. The summed E-state index contributed by atoms with van der Waals surface area (Å²) in [4.78, 5) is 4.23. The minimum absolute atomic E-state index is 0.600. The van der Waals surface area contributed by atoms with Gasteiger partial charge in [-0.15, -0.1) is 0 Å². The first kappa shape index (κ1) is 15.5. The highest BCUT2D eigenvalue weighted by Crippen LogP contribution is 2.32. The number of unbranched alkanes of at least 4 members (excludes halogenated alkanes) is 4. The van der Waals surface area contributed by atoms with Crippen molar-refractivity contribution in [3.05, 3.63) is 29.0 Å². The second-order valence-electron chi connectivity index (χ2n) is 5.09. The minimum atomic E-state index is 0.600. The van der Waals surface area contributed by atoms with Gasteiger partial charge in [-0.2, -0.15) is 0 Å². The monoisotopic (exact) mass is 267 g/mol. The van der Waals surface area contributed by atoms with Crippen LogP contribution in [-0.4, -0.2) is 4.98 Å². The summed E-state index contributed by atoms with van der Waals surface area (Å²) in [6.45, 7) is 4.51. The summed E-state index contributed by atoms with van der Waals surface area (Å²) < 4.78 is 0. The first-order valence-electron chi connectivity index (χ1n) is 7.39. The highest BCUT2D eigenvalue weighted by Gasteiger charge is 2.14. The van der Waals surface area contributed by atoms with Gasteiger partial charge in [0.2, 0.25) is 0 Å². The maximum Gasteiger partial charge on any atom is 0.0471 e. The third-order valence-corrected chi connectivity index (χ3v) is 3.89. The van der Waals surface area contributed by atoms with E-state index < -0.39 is 0 Å². The van der Waals surface area contributed by atoms with Gasteiger partial charge < -0.3 is 0 Å². The van der Waals surface area contributed by atoms with Crippen LogP contribution in [0.5, 0.6) is 0 Å². The van der Waals surface area contributed by atoms with Crippen molar-refractivity contribution in [1.82, 2.24) is 4.98 Å². The molecule has 0 N–H and O–H groups in total. The van der Waals surface area contributed by atoms with Crippen molar-refractivity contribution >= 4 is 11.6 Å². The van der Waals surface area contributed by atoms with E-state index in [1.807, 2.05) is 12.3 Å². The van der Waals surface area contributed by atoms with Gasteiger partial charge in [-0.3, -0.25) is 4.98 Å². The molecule has 1 rings (SSSR count). The number of aromatic nitrogens is 1. The van der Waals surface area contributed by atoms with Gasteiger partial charge in [0.15, 0.2) is 0 Å². The van der Waals surface area contributed by atoms with E-state index in [4.69, 9.17) is 11.6 Å². The Morgan fingerprint density at radius 1 is 1.06 bits per heavy atom. The third kappa shape index (κ3) is 5.39. The van der Waals surface area contributed by atoms with E-state index in [0.29, 0.717) is 5.92 Å².